The number of nitrogens with zero attached hydrogens (tertiary/aromatic N) is 1. The highest BCUT2D eigenvalue weighted by atomic mass is 16.3. The second-order valence-electron chi connectivity index (χ2n) is 5.03. The zero-order chi connectivity index (χ0) is 14.4. The summed E-state index contributed by atoms with van der Waals surface area (Å²) in [7, 11) is 0. The molecule has 0 bridgehead atoms. The zero-order valence-electron chi connectivity index (χ0n) is 11.9. The quantitative estimate of drug-likeness (QED) is 0.721. The van der Waals surface area contributed by atoms with Gasteiger partial charge in [0.2, 0.25) is 0 Å². The summed E-state index contributed by atoms with van der Waals surface area (Å²) in [4.78, 5) is 4.33. The summed E-state index contributed by atoms with van der Waals surface area (Å²) in [6.45, 7) is 2.85. The van der Waals surface area contributed by atoms with Crippen LogP contribution in [0.25, 0.3) is 10.9 Å². The van der Waals surface area contributed by atoms with Gasteiger partial charge in [0, 0.05) is 36.8 Å². The molecule has 0 fully saturated rings. The molecule has 4 N–H and O–H groups in total. The molecule has 1 aromatic carbocycles. The standard InChI is InChI=1S/C16H23N3O/c1-2-14(7-9-20)19-16(11-17)13-5-6-15-12(10-13)4-3-8-18-15/h3-6,8,10,14,16,19-20H,2,7,9,11,17H2,1H3. The van der Waals surface area contributed by atoms with Gasteiger partial charge < -0.3 is 16.2 Å². The van der Waals surface area contributed by atoms with Crippen LogP contribution in [0.2, 0.25) is 0 Å². The highest BCUT2D eigenvalue weighted by Gasteiger charge is 2.14. The largest absolute Gasteiger partial charge is 0.396 e. The van der Waals surface area contributed by atoms with E-state index in [1.807, 2.05) is 12.1 Å². The molecule has 0 spiro atoms. The van der Waals surface area contributed by atoms with E-state index >= 15 is 0 Å². The number of aliphatic hydroxyl groups is 1. The molecule has 0 aliphatic carbocycles. The van der Waals surface area contributed by atoms with Crippen LogP contribution in [0.5, 0.6) is 0 Å². The third-order valence-electron chi connectivity index (χ3n) is 3.67. The number of benzene rings is 1. The molecule has 4 nitrogen and oxygen atoms in total. The molecule has 2 atom stereocenters. The van der Waals surface area contributed by atoms with E-state index in [0.29, 0.717) is 6.54 Å². The first-order chi connectivity index (χ1) is 9.78. The summed E-state index contributed by atoms with van der Waals surface area (Å²) < 4.78 is 0. The van der Waals surface area contributed by atoms with Crippen LogP contribution in [0.4, 0.5) is 0 Å². The second kappa shape index (κ2) is 7.33. The Morgan fingerprint density at radius 1 is 1.35 bits per heavy atom. The third-order valence-corrected chi connectivity index (χ3v) is 3.67. The van der Waals surface area contributed by atoms with Gasteiger partial charge in [0.25, 0.3) is 0 Å². The first kappa shape index (κ1) is 14.9. The van der Waals surface area contributed by atoms with Crippen molar-refractivity contribution in [3.8, 4) is 0 Å². The van der Waals surface area contributed by atoms with Gasteiger partial charge in [0.1, 0.15) is 0 Å². The van der Waals surface area contributed by atoms with Crippen LogP contribution in [0.1, 0.15) is 31.4 Å². The van der Waals surface area contributed by atoms with E-state index in [4.69, 9.17) is 10.8 Å². The lowest BCUT2D eigenvalue weighted by Gasteiger charge is -2.24. The van der Waals surface area contributed by atoms with Crippen LogP contribution >= 0.6 is 0 Å². The normalized spacial score (nSPS) is 14.3. The SMILES string of the molecule is CCC(CCO)NC(CN)c1ccc2ncccc2c1. The van der Waals surface area contributed by atoms with E-state index in [1.165, 1.54) is 5.56 Å². The predicted molar refractivity (Wildman–Crippen MR) is 82.5 cm³/mol. The lowest BCUT2D eigenvalue weighted by molar-refractivity contribution is 0.256. The number of nitrogens with one attached hydrogen (secondary N) is 1. The van der Waals surface area contributed by atoms with Crippen LogP contribution in [-0.2, 0) is 0 Å². The Bertz CT molecular complexity index is 544. The van der Waals surface area contributed by atoms with Gasteiger partial charge in [-0.05, 0) is 36.6 Å². The van der Waals surface area contributed by atoms with Crippen molar-refractivity contribution in [1.82, 2.24) is 10.3 Å². The zero-order valence-corrected chi connectivity index (χ0v) is 11.9. The smallest absolute Gasteiger partial charge is 0.0702 e. The highest BCUT2D eigenvalue weighted by Crippen LogP contribution is 2.19. The van der Waals surface area contributed by atoms with Crippen molar-refractivity contribution in [2.45, 2.75) is 31.8 Å². The minimum absolute atomic E-state index is 0.108. The van der Waals surface area contributed by atoms with Gasteiger partial charge in [-0.3, -0.25) is 4.98 Å². The number of fused-ring (bicyclic) bond motifs is 1. The summed E-state index contributed by atoms with van der Waals surface area (Å²) >= 11 is 0. The fourth-order valence-electron chi connectivity index (χ4n) is 2.46. The van der Waals surface area contributed by atoms with Crippen molar-refractivity contribution in [3.05, 3.63) is 42.1 Å². The van der Waals surface area contributed by atoms with Crippen molar-refractivity contribution in [2.75, 3.05) is 13.2 Å². The molecule has 20 heavy (non-hydrogen) atoms. The summed E-state index contributed by atoms with van der Waals surface area (Å²) in [5.74, 6) is 0. The number of nitrogens with two attached hydrogens (primary N) is 1. The molecule has 1 aromatic heterocycles. The second-order valence-corrected chi connectivity index (χ2v) is 5.03. The molecule has 0 aliphatic rings. The average molecular weight is 273 g/mol. The number of aliphatic hydroxyl groups excluding tert-OH is 1. The maximum Gasteiger partial charge on any atom is 0.0702 e. The van der Waals surface area contributed by atoms with Gasteiger partial charge in [-0.15, -0.1) is 0 Å². The molecule has 0 saturated heterocycles. The highest BCUT2D eigenvalue weighted by molar-refractivity contribution is 5.79. The maximum atomic E-state index is 9.09. The summed E-state index contributed by atoms with van der Waals surface area (Å²) in [6.07, 6.45) is 3.53. The Morgan fingerprint density at radius 2 is 2.20 bits per heavy atom. The van der Waals surface area contributed by atoms with Gasteiger partial charge >= 0.3 is 0 Å². The van der Waals surface area contributed by atoms with Gasteiger partial charge in [-0.2, -0.15) is 0 Å². The van der Waals surface area contributed by atoms with Crippen molar-refractivity contribution in [2.24, 2.45) is 5.73 Å². The van der Waals surface area contributed by atoms with Gasteiger partial charge in [-0.25, -0.2) is 0 Å². The molecule has 0 saturated carbocycles. The molecule has 0 amide bonds. The van der Waals surface area contributed by atoms with E-state index in [-0.39, 0.29) is 18.7 Å². The summed E-state index contributed by atoms with van der Waals surface area (Å²) in [5.41, 5.74) is 8.07. The molecule has 2 unspecified atom stereocenters. The van der Waals surface area contributed by atoms with E-state index in [9.17, 15) is 0 Å². The Kier molecular flexibility index (Phi) is 5.47. The fourth-order valence-corrected chi connectivity index (χ4v) is 2.46. The molecule has 108 valence electrons. The maximum absolute atomic E-state index is 9.09. The topological polar surface area (TPSA) is 71.2 Å². The number of hydrogen-bond acceptors (Lipinski definition) is 4. The number of pyridine rings is 1. The van der Waals surface area contributed by atoms with Crippen molar-refractivity contribution >= 4 is 10.9 Å². The first-order valence-electron chi connectivity index (χ1n) is 7.20. The van der Waals surface area contributed by atoms with E-state index in [1.54, 1.807) is 6.20 Å². The van der Waals surface area contributed by atoms with E-state index < -0.39 is 0 Å². The number of hydrogen-bond donors (Lipinski definition) is 3. The van der Waals surface area contributed by atoms with Crippen molar-refractivity contribution < 1.29 is 5.11 Å². The Balaban J connectivity index is 2.20. The number of rotatable bonds is 7. The van der Waals surface area contributed by atoms with E-state index in [0.717, 1.165) is 23.7 Å². The Labute approximate surface area is 120 Å². The van der Waals surface area contributed by atoms with Gasteiger partial charge in [0.15, 0.2) is 0 Å². The van der Waals surface area contributed by atoms with Crippen LogP contribution in [0.15, 0.2) is 36.5 Å². The molecule has 2 rings (SSSR count). The third kappa shape index (κ3) is 3.54. The first-order valence-corrected chi connectivity index (χ1v) is 7.20. The van der Waals surface area contributed by atoms with Crippen LogP contribution < -0.4 is 11.1 Å². The summed E-state index contributed by atoms with van der Waals surface area (Å²) in [5, 5.41) is 13.7. The fraction of sp³-hybridized carbons (Fsp3) is 0.438. The van der Waals surface area contributed by atoms with Crippen molar-refractivity contribution in [1.29, 1.82) is 0 Å². The summed E-state index contributed by atoms with van der Waals surface area (Å²) in [6, 6.07) is 10.6. The van der Waals surface area contributed by atoms with Crippen LogP contribution in [0, 0.1) is 0 Å². The van der Waals surface area contributed by atoms with Gasteiger partial charge in [0.05, 0.1) is 5.52 Å². The minimum Gasteiger partial charge on any atom is -0.396 e. The lowest BCUT2D eigenvalue weighted by Crippen LogP contribution is -2.37. The monoisotopic (exact) mass is 273 g/mol. The Hall–Kier alpha value is -1.49. The van der Waals surface area contributed by atoms with Gasteiger partial charge in [-0.1, -0.05) is 19.1 Å². The van der Waals surface area contributed by atoms with Crippen molar-refractivity contribution in [3.63, 3.8) is 0 Å². The number of aromatic nitrogens is 1. The average Bonchev–Trinajstić information content (AvgIpc) is 2.51. The molecular weight excluding hydrogens is 250 g/mol. The lowest BCUT2D eigenvalue weighted by atomic mass is 10.0. The van der Waals surface area contributed by atoms with E-state index in [2.05, 4.69) is 35.4 Å². The Morgan fingerprint density at radius 3 is 2.90 bits per heavy atom. The van der Waals surface area contributed by atoms with Crippen LogP contribution in [0.3, 0.4) is 0 Å². The molecule has 4 heteroatoms. The molecule has 1 heterocycles. The predicted octanol–water partition coefficient (Wildman–Crippen LogP) is 1.99. The molecular formula is C16H23N3O. The minimum atomic E-state index is 0.108. The molecule has 0 radical (unpaired) electrons. The molecule has 0 aliphatic heterocycles. The van der Waals surface area contributed by atoms with Crippen LogP contribution in [-0.4, -0.2) is 29.3 Å². The molecule has 2 aromatic rings.